The molecule has 2 aliphatic heterocycles. The van der Waals surface area contributed by atoms with Gasteiger partial charge in [-0.05, 0) is 66.6 Å². The third-order valence-electron chi connectivity index (χ3n) is 8.02. The number of alkyl halides is 2. The zero-order valence-corrected chi connectivity index (χ0v) is 24.8. The first-order chi connectivity index (χ1) is 20.5. The number of fused-ring (bicyclic) bond motifs is 2. The summed E-state index contributed by atoms with van der Waals surface area (Å²) < 4.78 is 49.8. The summed E-state index contributed by atoms with van der Waals surface area (Å²) in [5.74, 6) is -1.23. The molecular weight excluding hydrogens is 606 g/mol. The van der Waals surface area contributed by atoms with E-state index in [2.05, 4.69) is 15.0 Å². The van der Waals surface area contributed by atoms with Gasteiger partial charge in [0.15, 0.2) is 0 Å². The predicted octanol–water partition coefficient (Wildman–Crippen LogP) is 7.10. The lowest BCUT2D eigenvalue weighted by atomic mass is 9.81. The predicted molar refractivity (Wildman–Crippen MR) is 157 cm³/mol. The molecule has 3 aromatic carbocycles. The van der Waals surface area contributed by atoms with Gasteiger partial charge in [-0.3, -0.25) is 9.69 Å². The monoisotopic (exact) mass is 635 g/mol. The van der Waals surface area contributed by atoms with E-state index in [4.69, 9.17) is 27.9 Å². The fourth-order valence-corrected chi connectivity index (χ4v) is 6.00. The van der Waals surface area contributed by atoms with Crippen LogP contribution in [-0.2, 0) is 21.7 Å². The van der Waals surface area contributed by atoms with Crippen molar-refractivity contribution in [3.8, 4) is 5.75 Å². The van der Waals surface area contributed by atoms with Crippen molar-refractivity contribution in [3.63, 3.8) is 0 Å². The first-order valence-electron chi connectivity index (χ1n) is 13.8. The van der Waals surface area contributed by atoms with Crippen LogP contribution in [0.5, 0.6) is 5.75 Å². The Morgan fingerprint density at radius 2 is 1.84 bits per heavy atom. The van der Waals surface area contributed by atoms with Crippen molar-refractivity contribution in [2.75, 3.05) is 31.6 Å². The highest BCUT2D eigenvalue weighted by Gasteiger charge is 2.46. The Labute approximate surface area is 257 Å². The number of nitrogens with one attached hydrogen (secondary N) is 1. The van der Waals surface area contributed by atoms with Crippen LogP contribution in [0.25, 0.3) is 0 Å². The Morgan fingerprint density at radius 1 is 1.07 bits per heavy atom. The summed E-state index contributed by atoms with van der Waals surface area (Å²) >= 11 is 12.4. The smallest absolute Gasteiger partial charge is 0.414 e. The zero-order valence-electron chi connectivity index (χ0n) is 23.3. The molecular formula is C31H30Cl2F3N3O4. The molecule has 43 heavy (non-hydrogen) atoms. The number of hydrogen-bond acceptors (Lipinski definition) is 5. The Kier molecular flexibility index (Phi) is 9.39. The summed E-state index contributed by atoms with van der Waals surface area (Å²) in [4.78, 5) is 29.7. The van der Waals surface area contributed by atoms with Gasteiger partial charge in [-0.15, -0.1) is 0 Å². The molecule has 7 nitrogen and oxygen atoms in total. The number of rotatable bonds is 9. The number of nitrogens with zero attached hydrogens (tertiary/aromatic N) is 2. The van der Waals surface area contributed by atoms with Gasteiger partial charge >= 0.3 is 12.7 Å². The molecule has 0 bridgehead atoms. The minimum atomic E-state index is -2.95. The SMILES string of the molecule is CN1C(=O)OC2(CCN(CCC(C(=O)NCc3cccc(OC(F)F)c3)c3ccc(Cl)c(Cl)c3)CC2)c2cc(F)ccc21. The van der Waals surface area contributed by atoms with Crippen LogP contribution in [0.15, 0.2) is 60.7 Å². The van der Waals surface area contributed by atoms with Gasteiger partial charge in [0.1, 0.15) is 17.2 Å². The van der Waals surface area contributed by atoms with Crippen LogP contribution in [0.4, 0.5) is 23.7 Å². The fraction of sp³-hybridized carbons (Fsp3) is 0.355. The molecule has 3 aromatic rings. The van der Waals surface area contributed by atoms with Crippen molar-refractivity contribution in [2.24, 2.45) is 0 Å². The third-order valence-corrected chi connectivity index (χ3v) is 8.76. The van der Waals surface area contributed by atoms with Gasteiger partial charge in [-0.1, -0.05) is 41.4 Å². The number of benzene rings is 3. The lowest BCUT2D eigenvalue weighted by molar-refractivity contribution is -0.123. The molecule has 1 unspecified atom stereocenters. The number of amides is 2. The summed E-state index contributed by atoms with van der Waals surface area (Å²) in [6.45, 7) is -1.15. The van der Waals surface area contributed by atoms with Gasteiger partial charge in [0.05, 0.1) is 21.7 Å². The standard InChI is InChI=1S/C31H30Cl2F3N3O4/c1-38-27-8-6-21(34)17-24(27)31(43-30(38)41)10-13-39(14-11-31)12-9-23(20-5-7-25(32)26(33)16-20)28(40)37-18-19-3-2-4-22(15-19)42-29(35)36/h2-8,15-17,23,29H,9-14,18H2,1H3,(H,37,40). The Bertz CT molecular complexity index is 1500. The van der Waals surface area contributed by atoms with E-state index in [0.717, 1.165) is 0 Å². The van der Waals surface area contributed by atoms with Crippen LogP contribution in [0.3, 0.4) is 0 Å². The van der Waals surface area contributed by atoms with Crippen molar-refractivity contribution < 1.29 is 32.2 Å². The topological polar surface area (TPSA) is 71.1 Å². The van der Waals surface area contributed by atoms with Crippen molar-refractivity contribution in [1.82, 2.24) is 10.2 Å². The van der Waals surface area contributed by atoms with Gasteiger partial charge in [-0.25, -0.2) is 9.18 Å². The second-order valence-electron chi connectivity index (χ2n) is 10.7. The van der Waals surface area contributed by atoms with Crippen molar-refractivity contribution in [1.29, 1.82) is 0 Å². The number of ether oxygens (including phenoxy) is 2. The maximum atomic E-state index is 14.2. The summed E-state index contributed by atoms with van der Waals surface area (Å²) in [6.07, 6.45) is 0.919. The van der Waals surface area contributed by atoms with E-state index in [1.54, 1.807) is 43.4 Å². The molecule has 228 valence electrons. The van der Waals surface area contributed by atoms with Crippen LogP contribution < -0.4 is 15.0 Å². The number of anilines is 1. The average Bonchev–Trinajstić information content (AvgIpc) is 2.97. The highest BCUT2D eigenvalue weighted by Crippen LogP contribution is 2.45. The second-order valence-corrected chi connectivity index (χ2v) is 11.5. The van der Waals surface area contributed by atoms with Crippen molar-refractivity contribution in [2.45, 2.75) is 43.9 Å². The molecule has 2 amide bonds. The number of carbonyl (C=O) groups excluding carboxylic acids is 2. The van der Waals surface area contributed by atoms with E-state index in [9.17, 15) is 22.8 Å². The lowest BCUT2D eigenvalue weighted by Crippen LogP contribution is -2.51. The number of halogens is 5. The average molecular weight is 636 g/mol. The zero-order chi connectivity index (χ0) is 30.7. The Hall–Kier alpha value is -3.47. The number of piperidine rings is 1. The molecule has 2 aliphatic rings. The van der Waals surface area contributed by atoms with E-state index in [-0.39, 0.29) is 18.2 Å². The molecule has 0 saturated carbocycles. The minimum absolute atomic E-state index is 0.00584. The molecule has 12 heteroatoms. The molecule has 2 heterocycles. The molecule has 1 atom stereocenters. The fourth-order valence-electron chi connectivity index (χ4n) is 5.70. The molecule has 0 aliphatic carbocycles. The van der Waals surface area contributed by atoms with E-state index < -0.39 is 30.0 Å². The van der Waals surface area contributed by atoms with E-state index in [1.807, 2.05) is 0 Å². The lowest BCUT2D eigenvalue weighted by Gasteiger charge is -2.46. The summed E-state index contributed by atoms with van der Waals surface area (Å²) in [5.41, 5.74) is 1.66. The molecule has 1 saturated heterocycles. The Morgan fingerprint density at radius 3 is 2.56 bits per heavy atom. The van der Waals surface area contributed by atoms with Crippen LogP contribution in [0.2, 0.25) is 10.0 Å². The summed E-state index contributed by atoms with van der Waals surface area (Å²) in [6, 6.07) is 15.6. The Balaban J connectivity index is 1.27. The molecule has 1 spiro atoms. The van der Waals surface area contributed by atoms with Crippen molar-refractivity contribution >= 4 is 40.9 Å². The maximum absolute atomic E-state index is 14.2. The first kappa shape index (κ1) is 31.0. The number of carbonyl (C=O) groups is 2. The largest absolute Gasteiger partial charge is 0.437 e. The van der Waals surface area contributed by atoms with E-state index in [1.165, 1.54) is 29.2 Å². The molecule has 5 rings (SSSR count). The molecule has 1 N–H and O–H groups in total. The van der Waals surface area contributed by atoms with Crippen LogP contribution in [0, 0.1) is 5.82 Å². The van der Waals surface area contributed by atoms with Gasteiger partial charge in [0.25, 0.3) is 0 Å². The van der Waals surface area contributed by atoms with Gasteiger partial charge < -0.3 is 19.7 Å². The molecule has 0 radical (unpaired) electrons. The van der Waals surface area contributed by atoms with Gasteiger partial charge in [0.2, 0.25) is 5.91 Å². The second kappa shape index (κ2) is 13.0. The quantitative estimate of drug-likeness (QED) is 0.272. The van der Waals surface area contributed by atoms with Gasteiger partial charge in [0, 0.05) is 45.1 Å². The number of likely N-dealkylation sites (tertiary alicyclic amines) is 1. The van der Waals surface area contributed by atoms with Crippen LogP contribution in [0.1, 0.15) is 41.9 Å². The minimum Gasteiger partial charge on any atom is -0.437 e. The highest BCUT2D eigenvalue weighted by atomic mass is 35.5. The maximum Gasteiger partial charge on any atom is 0.414 e. The first-order valence-corrected chi connectivity index (χ1v) is 14.6. The number of hydrogen-bond donors (Lipinski definition) is 1. The summed E-state index contributed by atoms with van der Waals surface area (Å²) in [7, 11) is 1.60. The third kappa shape index (κ3) is 7.03. The molecule has 0 aromatic heterocycles. The van der Waals surface area contributed by atoms with E-state index >= 15 is 0 Å². The van der Waals surface area contributed by atoms with Crippen LogP contribution in [-0.4, -0.2) is 50.2 Å². The van der Waals surface area contributed by atoms with E-state index in [0.29, 0.717) is 71.3 Å². The highest BCUT2D eigenvalue weighted by molar-refractivity contribution is 6.42. The molecule has 1 fully saturated rings. The summed E-state index contributed by atoms with van der Waals surface area (Å²) in [5, 5.41) is 3.59. The van der Waals surface area contributed by atoms with Gasteiger partial charge in [-0.2, -0.15) is 8.78 Å². The van der Waals surface area contributed by atoms with Crippen molar-refractivity contribution in [3.05, 3.63) is 93.2 Å². The normalized spacial score (nSPS) is 17.0. The van der Waals surface area contributed by atoms with Crippen LogP contribution >= 0.6 is 23.2 Å².